The van der Waals surface area contributed by atoms with Crippen LogP contribution in [-0.2, 0) is 4.79 Å². The fraction of sp³-hybridized carbons (Fsp3) is 0.533. The highest BCUT2D eigenvalue weighted by Gasteiger charge is 2.16. The number of benzene rings is 1. The van der Waals surface area contributed by atoms with Gasteiger partial charge in [0.05, 0.1) is 0 Å². The van der Waals surface area contributed by atoms with E-state index >= 15 is 0 Å². The van der Waals surface area contributed by atoms with E-state index in [0.717, 1.165) is 19.5 Å². The zero-order valence-corrected chi connectivity index (χ0v) is 12.9. The van der Waals surface area contributed by atoms with Crippen LogP contribution in [0.25, 0.3) is 0 Å². The minimum atomic E-state index is 0. The highest BCUT2D eigenvalue weighted by atomic mass is 35.5. The first kappa shape index (κ1) is 17.9. The maximum atomic E-state index is 12.1. The van der Waals surface area contributed by atoms with E-state index in [1.54, 1.807) is 0 Å². The molecule has 1 unspecified atom stereocenters. The summed E-state index contributed by atoms with van der Waals surface area (Å²) in [5, 5.41) is 3.06. The van der Waals surface area contributed by atoms with Crippen molar-refractivity contribution in [2.24, 2.45) is 0 Å². The Bertz CT molecular complexity index is 356. The van der Waals surface area contributed by atoms with Gasteiger partial charge in [-0.25, -0.2) is 0 Å². The Hall–Kier alpha value is -1.06. The van der Waals surface area contributed by atoms with Gasteiger partial charge >= 0.3 is 0 Å². The van der Waals surface area contributed by atoms with Crippen LogP contribution in [0.1, 0.15) is 31.2 Å². The number of likely N-dealkylation sites (N-methyl/N-ethyl adjacent to an activating group) is 2. The van der Waals surface area contributed by atoms with Crippen LogP contribution in [-0.4, -0.2) is 38.0 Å². The van der Waals surface area contributed by atoms with Gasteiger partial charge in [-0.05, 0) is 24.9 Å². The van der Waals surface area contributed by atoms with Crippen molar-refractivity contribution in [2.45, 2.75) is 25.7 Å². The number of hydrogen-bond donors (Lipinski definition) is 1. The number of carbonyl (C=O) groups excluding carboxylic acids is 1. The average molecular weight is 285 g/mol. The smallest absolute Gasteiger partial charge is 0.222 e. The lowest BCUT2D eigenvalue weighted by Crippen LogP contribution is -2.33. The van der Waals surface area contributed by atoms with Crippen molar-refractivity contribution < 1.29 is 4.79 Å². The summed E-state index contributed by atoms with van der Waals surface area (Å²) in [5.41, 5.74) is 1.26. The number of hydrogen-bond acceptors (Lipinski definition) is 2. The molecule has 3 nitrogen and oxygen atoms in total. The predicted octanol–water partition coefficient (Wildman–Crippen LogP) is 2.67. The molecule has 0 radical (unpaired) electrons. The molecule has 0 saturated heterocycles. The van der Waals surface area contributed by atoms with Crippen LogP contribution in [0, 0.1) is 0 Å². The molecule has 19 heavy (non-hydrogen) atoms. The zero-order valence-electron chi connectivity index (χ0n) is 12.1. The van der Waals surface area contributed by atoms with Crippen LogP contribution in [0.3, 0.4) is 0 Å². The van der Waals surface area contributed by atoms with Crippen LogP contribution in [0.15, 0.2) is 30.3 Å². The first-order valence-electron chi connectivity index (χ1n) is 6.62. The summed E-state index contributed by atoms with van der Waals surface area (Å²) in [4.78, 5) is 13.9. The number of nitrogens with one attached hydrogen (secondary N) is 1. The van der Waals surface area contributed by atoms with Gasteiger partial charge in [0.25, 0.3) is 0 Å². The van der Waals surface area contributed by atoms with Gasteiger partial charge in [-0.15, -0.1) is 12.4 Å². The SMILES string of the molecule is CCC(CC(=O)N(C)CCNC)c1ccccc1.Cl. The maximum absolute atomic E-state index is 12.1. The third-order valence-corrected chi connectivity index (χ3v) is 3.31. The van der Waals surface area contributed by atoms with Crippen LogP contribution in [0.5, 0.6) is 0 Å². The first-order chi connectivity index (χ1) is 8.69. The zero-order chi connectivity index (χ0) is 13.4. The molecule has 108 valence electrons. The Morgan fingerprint density at radius 3 is 2.47 bits per heavy atom. The van der Waals surface area contributed by atoms with E-state index in [1.165, 1.54) is 5.56 Å². The number of carbonyl (C=O) groups is 1. The summed E-state index contributed by atoms with van der Waals surface area (Å²) in [6, 6.07) is 10.3. The van der Waals surface area contributed by atoms with E-state index in [1.807, 2.05) is 37.2 Å². The van der Waals surface area contributed by atoms with Crippen molar-refractivity contribution in [3.8, 4) is 0 Å². The summed E-state index contributed by atoms with van der Waals surface area (Å²) in [5.74, 6) is 0.552. The lowest BCUT2D eigenvalue weighted by Gasteiger charge is -2.21. The lowest BCUT2D eigenvalue weighted by molar-refractivity contribution is -0.130. The molecule has 0 aliphatic rings. The van der Waals surface area contributed by atoms with Gasteiger partial charge in [-0.1, -0.05) is 37.3 Å². The van der Waals surface area contributed by atoms with Gasteiger partial charge in [0, 0.05) is 26.6 Å². The predicted molar refractivity (Wildman–Crippen MR) is 82.9 cm³/mol. The highest BCUT2D eigenvalue weighted by Crippen LogP contribution is 2.23. The van der Waals surface area contributed by atoms with Gasteiger partial charge in [0.15, 0.2) is 0 Å². The minimum absolute atomic E-state index is 0. The fourth-order valence-corrected chi connectivity index (χ4v) is 1.99. The van der Waals surface area contributed by atoms with Crippen molar-refractivity contribution >= 4 is 18.3 Å². The molecule has 1 aromatic carbocycles. The second-order valence-corrected chi connectivity index (χ2v) is 4.64. The van der Waals surface area contributed by atoms with E-state index in [-0.39, 0.29) is 18.3 Å². The average Bonchev–Trinajstić information content (AvgIpc) is 2.42. The van der Waals surface area contributed by atoms with E-state index in [0.29, 0.717) is 12.3 Å². The number of rotatable bonds is 7. The molecule has 0 aliphatic heterocycles. The molecule has 1 N–H and O–H groups in total. The highest BCUT2D eigenvalue weighted by molar-refractivity contribution is 5.85. The van der Waals surface area contributed by atoms with Gasteiger partial charge in [0.2, 0.25) is 5.91 Å². The summed E-state index contributed by atoms with van der Waals surface area (Å²) >= 11 is 0. The van der Waals surface area contributed by atoms with Gasteiger partial charge in [-0.2, -0.15) is 0 Å². The minimum Gasteiger partial charge on any atom is -0.344 e. The molecule has 0 aromatic heterocycles. The Morgan fingerprint density at radius 2 is 1.95 bits per heavy atom. The third-order valence-electron chi connectivity index (χ3n) is 3.31. The summed E-state index contributed by atoms with van der Waals surface area (Å²) < 4.78 is 0. The molecule has 0 fully saturated rings. The second kappa shape index (κ2) is 9.82. The lowest BCUT2D eigenvalue weighted by atomic mass is 9.93. The monoisotopic (exact) mass is 284 g/mol. The number of halogens is 1. The number of amides is 1. The molecule has 0 heterocycles. The third kappa shape index (κ3) is 6.08. The molecule has 1 rings (SSSR count). The van der Waals surface area contributed by atoms with Crippen molar-refractivity contribution in [3.63, 3.8) is 0 Å². The summed E-state index contributed by atoms with van der Waals surface area (Å²) in [6.45, 7) is 3.74. The van der Waals surface area contributed by atoms with Gasteiger partial charge in [0.1, 0.15) is 0 Å². The molecular weight excluding hydrogens is 260 g/mol. The normalized spacial score (nSPS) is 11.5. The molecule has 0 spiro atoms. The quantitative estimate of drug-likeness (QED) is 0.835. The summed E-state index contributed by atoms with van der Waals surface area (Å²) in [6.07, 6.45) is 1.59. The largest absolute Gasteiger partial charge is 0.344 e. The molecule has 0 saturated carbocycles. The Morgan fingerprint density at radius 1 is 1.32 bits per heavy atom. The summed E-state index contributed by atoms with van der Waals surface area (Å²) in [7, 11) is 3.77. The van der Waals surface area contributed by atoms with Crippen LogP contribution in [0.2, 0.25) is 0 Å². The van der Waals surface area contributed by atoms with Gasteiger partial charge in [-0.3, -0.25) is 4.79 Å². The molecule has 1 atom stereocenters. The second-order valence-electron chi connectivity index (χ2n) is 4.64. The van der Waals surface area contributed by atoms with Crippen molar-refractivity contribution in [2.75, 3.05) is 27.2 Å². The molecule has 1 amide bonds. The molecule has 0 bridgehead atoms. The van der Waals surface area contributed by atoms with Gasteiger partial charge < -0.3 is 10.2 Å². The molecule has 4 heteroatoms. The van der Waals surface area contributed by atoms with E-state index in [2.05, 4.69) is 24.4 Å². The van der Waals surface area contributed by atoms with E-state index in [4.69, 9.17) is 0 Å². The van der Waals surface area contributed by atoms with Crippen molar-refractivity contribution in [1.29, 1.82) is 0 Å². The molecule has 0 aliphatic carbocycles. The Balaban J connectivity index is 0.00000324. The van der Waals surface area contributed by atoms with E-state index in [9.17, 15) is 4.79 Å². The first-order valence-corrected chi connectivity index (χ1v) is 6.62. The maximum Gasteiger partial charge on any atom is 0.222 e. The fourth-order valence-electron chi connectivity index (χ4n) is 1.99. The number of nitrogens with zero attached hydrogens (tertiary/aromatic N) is 1. The molecule has 1 aromatic rings. The standard InChI is InChI=1S/C15H24N2O.ClH/c1-4-13(14-8-6-5-7-9-14)12-15(18)17(3)11-10-16-2;/h5-9,13,16H,4,10-12H2,1-3H3;1H. The van der Waals surface area contributed by atoms with Crippen LogP contribution in [0.4, 0.5) is 0 Å². The van der Waals surface area contributed by atoms with Crippen LogP contribution < -0.4 is 5.32 Å². The van der Waals surface area contributed by atoms with Crippen LogP contribution >= 0.6 is 12.4 Å². The van der Waals surface area contributed by atoms with E-state index < -0.39 is 0 Å². The van der Waals surface area contributed by atoms with Crippen molar-refractivity contribution in [1.82, 2.24) is 10.2 Å². The Labute approximate surface area is 122 Å². The Kier molecular flexibility index (Phi) is 9.27. The molecular formula is C15H25ClN2O. The topological polar surface area (TPSA) is 32.3 Å². The van der Waals surface area contributed by atoms with Crippen molar-refractivity contribution in [3.05, 3.63) is 35.9 Å².